The Morgan fingerprint density at radius 2 is 1.55 bits per heavy atom. The summed E-state index contributed by atoms with van der Waals surface area (Å²) >= 11 is 0. The van der Waals surface area contributed by atoms with Crippen molar-refractivity contribution in [2.75, 3.05) is 26.3 Å². The first kappa shape index (κ1) is 21.6. The molecule has 1 aromatic rings. The second-order valence-corrected chi connectivity index (χ2v) is 8.64. The summed E-state index contributed by atoms with van der Waals surface area (Å²) in [6.45, 7) is 12.8. The Hall–Kier alpha value is -2.08. The number of nitrogens with zero attached hydrogens (tertiary/aromatic N) is 2. The van der Waals surface area contributed by atoms with Gasteiger partial charge in [-0.1, -0.05) is 0 Å². The first-order valence-electron chi connectivity index (χ1n) is 10.8. The van der Waals surface area contributed by atoms with Crippen molar-refractivity contribution in [1.29, 1.82) is 0 Å². The van der Waals surface area contributed by atoms with Gasteiger partial charge in [-0.2, -0.15) is 0 Å². The third-order valence-electron chi connectivity index (χ3n) is 6.00. The van der Waals surface area contributed by atoms with Crippen molar-refractivity contribution in [2.24, 2.45) is 5.92 Å². The second-order valence-electron chi connectivity index (χ2n) is 8.64. The number of benzene rings is 1. The first-order chi connectivity index (χ1) is 13.8. The number of ketones is 1. The number of amides is 1. The first-order valence-corrected chi connectivity index (χ1v) is 10.8. The van der Waals surface area contributed by atoms with Crippen molar-refractivity contribution < 1.29 is 19.1 Å². The van der Waals surface area contributed by atoms with Crippen molar-refractivity contribution in [3.8, 4) is 11.5 Å². The topological polar surface area (TPSA) is 59.1 Å². The molecule has 2 aliphatic heterocycles. The minimum Gasteiger partial charge on any atom is -0.486 e. The standard InChI is InChI=1S/C23H34N2O4/c1-15(2)25(16(3)4)23(27)17(5)24-10-8-18(9-11-24)22(26)19-6-7-20-21(14-19)29-13-12-28-20/h6-7,14-18H,8-13H2,1-5H3/t17-/m1/s1. The molecule has 6 heteroatoms. The maximum absolute atomic E-state index is 13.0. The van der Waals surface area contributed by atoms with Gasteiger partial charge in [0.25, 0.3) is 0 Å². The van der Waals surface area contributed by atoms with Crippen LogP contribution in [0.2, 0.25) is 0 Å². The molecule has 1 fully saturated rings. The lowest BCUT2D eigenvalue weighted by molar-refractivity contribution is -0.140. The maximum atomic E-state index is 13.0. The molecule has 0 saturated carbocycles. The summed E-state index contributed by atoms with van der Waals surface area (Å²) in [5.41, 5.74) is 0.683. The van der Waals surface area contributed by atoms with Crippen LogP contribution in [-0.2, 0) is 4.79 Å². The molecule has 0 spiro atoms. The normalized spacial score (nSPS) is 18.7. The molecule has 0 aromatic heterocycles. The molecule has 29 heavy (non-hydrogen) atoms. The highest BCUT2D eigenvalue weighted by molar-refractivity contribution is 5.98. The van der Waals surface area contributed by atoms with E-state index in [4.69, 9.17) is 9.47 Å². The van der Waals surface area contributed by atoms with Gasteiger partial charge in [-0.15, -0.1) is 0 Å². The van der Waals surface area contributed by atoms with Crippen LogP contribution in [-0.4, -0.2) is 65.9 Å². The summed E-state index contributed by atoms with van der Waals surface area (Å²) in [5, 5.41) is 0. The molecular formula is C23H34N2O4. The van der Waals surface area contributed by atoms with Crippen LogP contribution in [0.4, 0.5) is 0 Å². The number of carbonyl (C=O) groups excluding carboxylic acids is 2. The molecule has 6 nitrogen and oxygen atoms in total. The lowest BCUT2D eigenvalue weighted by Crippen LogP contribution is -2.53. The summed E-state index contributed by atoms with van der Waals surface area (Å²) in [7, 11) is 0. The zero-order chi connectivity index (χ0) is 21.1. The smallest absolute Gasteiger partial charge is 0.240 e. The van der Waals surface area contributed by atoms with Gasteiger partial charge in [0.1, 0.15) is 13.2 Å². The Morgan fingerprint density at radius 1 is 0.966 bits per heavy atom. The highest BCUT2D eigenvalue weighted by Crippen LogP contribution is 2.32. The maximum Gasteiger partial charge on any atom is 0.240 e. The van der Waals surface area contributed by atoms with Gasteiger partial charge in [-0.05, 0) is 78.7 Å². The zero-order valence-corrected chi connectivity index (χ0v) is 18.3. The zero-order valence-electron chi connectivity index (χ0n) is 18.3. The number of hydrogen-bond acceptors (Lipinski definition) is 5. The van der Waals surface area contributed by atoms with Crippen molar-refractivity contribution in [3.05, 3.63) is 23.8 Å². The molecule has 160 valence electrons. The number of rotatable bonds is 6. The van der Waals surface area contributed by atoms with Crippen LogP contribution in [0.5, 0.6) is 11.5 Å². The number of Topliss-reactive ketones (excluding diaryl/α,β-unsaturated/α-hetero) is 1. The van der Waals surface area contributed by atoms with Gasteiger partial charge < -0.3 is 14.4 Å². The number of likely N-dealkylation sites (tertiary alicyclic amines) is 1. The monoisotopic (exact) mass is 402 g/mol. The van der Waals surface area contributed by atoms with E-state index in [1.165, 1.54) is 0 Å². The number of carbonyl (C=O) groups is 2. The minimum absolute atomic E-state index is 0.0117. The highest BCUT2D eigenvalue weighted by Gasteiger charge is 2.33. The third kappa shape index (κ3) is 4.74. The van der Waals surface area contributed by atoms with Crippen LogP contribution in [0, 0.1) is 5.92 Å². The van der Waals surface area contributed by atoms with E-state index in [0.29, 0.717) is 30.3 Å². The van der Waals surface area contributed by atoms with Gasteiger partial charge in [-0.25, -0.2) is 0 Å². The Balaban J connectivity index is 1.60. The summed E-state index contributed by atoms with van der Waals surface area (Å²) in [6, 6.07) is 5.66. The predicted octanol–water partition coefficient (Wildman–Crippen LogP) is 3.39. The van der Waals surface area contributed by atoms with Crippen LogP contribution in [0.25, 0.3) is 0 Å². The Labute approximate surface area is 174 Å². The molecule has 1 atom stereocenters. The van der Waals surface area contributed by atoms with Crippen molar-refractivity contribution in [3.63, 3.8) is 0 Å². The quantitative estimate of drug-likeness (QED) is 0.683. The van der Waals surface area contributed by atoms with E-state index in [1.54, 1.807) is 6.07 Å². The van der Waals surface area contributed by atoms with Crippen molar-refractivity contribution >= 4 is 11.7 Å². The lowest BCUT2D eigenvalue weighted by atomic mass is 9.88. The van der Waals surface area contributed by atoms with Crippen LogP contribution >= 0.6 is 0 Å². The predicted molar refractivity (Wildman–Crippen MR) is 113 cm³/mol. The molecule has 3 rings (SSSR count). The van der Waals surface area contributed by atoms with Gasteiger partial charge in [0, 0.05) is 23.6 Å². The number of fused-ring (bicyclic) bond motifs is 1. The molecular weight excluding hydrogens is 368 g/mol. The summed E-state index contributed by atoms with van der Waals surface area (Å²) in [4.78, 5) is 30.2. The molecule has 1 amide bonds. The van der Waals surface area contributed by atoms with Crippen LogP contribution in [0.1, 0.15) is 57.8 Å². The van der Waals surface area contributed by atoms with E-state index in [9.17, 15) is 9.59 Å². The molecule has 0 aliphatic carbocycles. The SMILES string of the molecule is CC(C)N(C(=O)[C@@H](C)N1CCC(C(=O)c2ccc3c(c2)OCCO3)CC1)C(C)C. The average Bonchev–Trinajstić information content (AvgIpc) is 2.72. The van der Waals surface area contributed by atoms with Crippen LogP contribution in [0.15, 0.2) is 18.2 Å². The fraction of sp³-hybridized carbons (Fsp3) is 0.652. The summed E-state index contributed by atoms with van der Waals surface area (Å²) in [5.74, 6) is 1.68. The van der Waals surface area contributed by atoms with E-state index in [1.807, 2.05) is 24.0 Å². The molecule has 2 heterocycles. The van der Waals surface area contributed by atoms with Gasteiger partial charge in [-0.3, -0.25) is 14.5 Å². The van der Waals surface area contributed by atoms with Crippen molar-refractivity contribution in [2.45, 2.75) is 65.6 Å². The largest absolute Gasteiger partial charge is 0.486 e. The van der Waals surface area contributed by atoms with E-state index in [2.05, 4.69) is 32.6 Å². The van der Waals surface area contributed by atoms with Crippen molar-refractivity contribution in [1.82, 2.24) is 9.80 Å². The average molecular weight is 403 g/mol. The van der Waals surface area contributed by atoms with Gasteiger partial charge in [0.15, 0.2) is 17.3 Å². The van der Waals surface area contributed by atoms with Crippen LogP contribution in [0.3, 0.4) is 0 Å². The number of piperidine rings is 1. The van der Waals surface area contributed by atoms with E-state index >= 15 is 0 Å². The van der Waals surface area contributed by atoms with E-state index in [0.717, 1.165) is 25.9 Å². The fourth-order valence-electron chi connectivity index (χ4n) is 4.46. The third-order valence-corrected chi connectivity index (χ3v) is 6.00. The fourth-order valence-corrected chi connectivity index (χ4v) is 4.46. The lowest BCUT2D eigenvalue weighted by Gasteiger charge is -2.39. The molecule has 1 saturated heterocycles. The molecule has 2 aliphatic rings. The Bertz CT molecular complexity index is 730. The molecule has 0 N–H and O–H groups in total. The van der Waals surface area contributed by atoms with Gasteiger partial charge in [0.2, 0.25) is 5.91 Å². The minimum atomic E-state index is -0.162. The summed E-state index contributed by atoms with van der Waals surface area (Å²) in [6.07, 6.45) is 1.54. The van der Waals surface area contributed by atoms with Crippen LogP contribution < -0.4 is 9.47 Å². The second kappa shape index (κ2) is 9.16. The molecule has 0 bridgehead atoms. The van der Waals surface area contributed by atoms with E-state index < -0.39 is 0 Å². The Kier molecular flexibility index (Phi) is 6.83. The van der Waals surface area contributed by atoms with Gasteiger partial charge in [0.05, 0.1) is 6.04 Å². The summed E-state index contributed by atoms with van der Waals surface area (Å²) < 4.78 is 11.2. The number of ether oxygens (including phenoxy) is 2. The van der Waals surface area contributed by atoms with E-state index in [-0.39, 0.29) is 35.7 Å². The highest BCUT2D eigenvalue weighted by atomic mass is 16.6. The number of hydrogen-bond donors (Lipinski definition) is 0. The molecule has 0 unspecified atom stereocenters. The van der Waals surface area contributed by atoms with Gasteiger partial charge >= 0.3 is 0 Å². The Morgan fingerprint density at radius 3 is 2.14 bits per heavy atom. The molecule has 0 radical (unpaired) electrons. The molecule has 1 aromatic carbocycles.